The Morgan fingerprint density at radius 3 is 2.88 bits per heavy atom. The van der Waals surface area contributed by atoms with Gasteiger partial charge in [0.1, 0.15) is 16.9 Å². The second-order valence-corrected chi connectivity index (χ2v) is 8.39. The fraction of sp³-hybridized carbons (Fsp3) is 0.174. The molecule has 0 aliphatic carbocycles. The van der Waals surface area contributed by atoms with Gasteiger partial charge in [0.2, 0.25) is 0 Å². The smallest absolute Gasteiger partial charge is 0.191 e. The Morgan fingerprint density at radius 2 is 2.06 bits per heavy atom. The second kappa shape index (κ2) is 8.21. The van der Waals surface area contributed by atoms with E-state index in [1.165, 1.54) is 17.5 Å². The molecule has 0 amide bonds. The Bertz CT molecular complexity index is 1410. The molecule has 0 atom stereocenters. The molecular weight excluding hydrogens is 440 g/mol. The van der Waals surface area contributed by atoms with Crippen LogP contribution in [0, 0.1) is 0 Å². The maximum absolute atomic E-state index is 6.01. The second-order valence-electron chi connectivity index (χ2n) is 7.54. The maximum Gasteiger partial charge on any atom is 0.191 e. The van der Waals surface area contributed by atoms with Crippen LogP contribution in [0.4, 0.5) is 5.82 Å². The molecule has 0 saturated carbocycles. The summed E-state index contributed by atoms with van der Waals surface area (Å²) in [6.07, 6.45) is 8.21. The largest absolute Gasteiger partial charge is 0.495 e. The average molecular weight is 461 g/mol. The number of hydrogen-bond acceptors (Lipinski definition) is 8. The summed E-state index contributed by atoms with van der Waals surface area (Å²) in [6.45, 7) is 1.30. The summed E-state index contributed by atoms with van der Waals surface area (Å²) in [5.41, 5.74) is 3.91. The average Bonchev–Trinajstić information content (AvgIpc) is 3.64. The molecule has 166 valence electrons. The van der Waals surface area contributed by atoms with Gasteiger partial charge in [-0.05, 0) is 47.8 Å². The highest BCUT2D eigenvalue weighted by Gasteiger charge is 2.25. The van der Waals surface area contributed by atoms with E-state index in [0.717, 1.165) is 39.5 Å². The SMILES string of the molecule is COc1cc(-n2cccn2)ccc1SNc1noc2cc(Cn3cccn3)c3c(c12)OCC3. The monoisotopic (exact) mass is 460 g/mol. The van der Waals surface area contributed by atoms with E-state index in [0.29, 0.717) is 24.6 Å². The maximum atomic E-state index is 6.01. The summed E-state index contributed by atoms with van der Waals surface area (Å²) in [7, 11) is 1.65. The van der Waals surface area contributed by atoms with Crippen molar-refractivity contribution in [2.75, 3.05) is 18.4 Å². The third-order valence-corrected chi connectivity index (χ3v) is 6.43. The first kappa shape index (κ1) is 19.7. The van der Waals surface area contributed by atoms with Crippen molar-refractivity contribution in [2.24, 2.45) is 0 Å². The summed E-state index contributed by atoms with van der Waals surface area (Å²) in [4.78, 5) is 0.914. The zero-order chi connectivity index (χ0) is 22.2. The van der Waals surface area contributed by atoms with Gasteiger partial charge >= 0.3 is 0 Å². The molecule has 1 aliphatic heterocycles. The minimum Gasteiger partial charge on any atom is -0.495 e. The van der Waals surface area contributed by atoms with Gasteiger partial charge in [-0.1, -0.05) is 5.16 Å². The van der Waals surface area contributed by atoms with E-state index < -0.39 is 0 Å². The number of nitrogens with zero attached hydrogens (tertiary/aromatic N) is 5. The fourth-order valence-corrected chi connectivity index (χ4v) is 4.76. The summed E-state index contributed by atoms with van der Waals surface area (Å²) in [5.74, 6) is 2.19. The van der Waals surface area contributed by atoms with E-state index in [-0.39, 0.29) is 0 Å². The molecule has 0 unspecified atom stereocenters. The van der Waals surface area contributed by atoms with Crippen LogP contribution in [0.3, 0.4) is 0 Å². The van der Waals surface area contributed by atoms with Gasteiger partial charge < -0.3 is 18.7 Å². The molecule has 6 rings (SSSR count). The number of benzene rings is 2. The molecule has 33 heavy (non-hydrogen) atoms. The number of fused-ring (bicyclic) bond motifs is 3. The third kappa shape index (κ3) is 3.58. The first-order chi connectivity index (χ1) is 16.3. The molecule has 1 N–H and O–H groups in total. The summed E-state index contributed by atoms with van der Waals surface area (Å²) in [5, 5.41) is 13.7. The lowest BCUT2D eigenvalue weighted by atomic mass is 10.0. The molecule has 3 aromatic heterocycles. The Labute approximate surface area is 193 Å². The molecule has 0 spiro atoms. The number of rotatable bonds is 7. The highest BCUT2D eigenvalue weighted by molar-refractivity contribution is 8.00. The van der Waals surface area contributed by atoms with Crippen LogP contribution in [-0.4, -0.2) is 38.4 Å². The van der Waals surface area contributed by atoms with Crippen molar-refractivity contribution in [2.45, 2.75) is 17.9 Å². The Kier molecular flexibility index (Phi) is 4.91. The number of aromatic nitrogens is 5. The van der Waals surface area contributed by atoms with Crippen molar-refractivity contribution in [3.63, 3.8) is 0 Å². The lowest BCUT2D eigenvalue weighted by molar-refractivity contribution is 0.360. The Balaban J connectivity index is 1.29. The van der Waals surface area contributed by atoms with E-state index in [1.807, 2.05) is 53.5 Å². The first-order valence-corrected chi connectivity index (χ1v) is 11.3. The van der Waals surface area contributed by atoms with Crippen LogP contribution in [0.15, 0.2) is 70.6 Å². The number of ether oxygens (including phenoxy) is 2. The first-order valence-electron chi connectivity index (χ1n) is 10.5. The standard InChI is InChI=1S/C23H20N6O3S/c1-30-18-13-16(29-10-3-8-25-29)4-5-20(18)33-27-23-21-19(32-26-23)12-15(14-28-9-2-7-24-28)17-6-11-31-22(17)21/h2-5,7-10,12-13H,6,11,14H2,1H3,(H,26,27). The molecule has 0 fully saturated rings. The molecule has 0 saturated heterocycles. The molecule has 0 bridgehead atoms. The minimum absolute atomic E-state index is 0.622. The lowest BCUT2D eigenvalue weighted by Gasteiger charge is -2.11. The van der Waals surface area contributed by atoms with Gasteiger partial charge in [0.15, 0.2) is 11.4 Å². The highest BCUT2D eigenvalue weighted by Crippen LogP contribution is 2.42. The van der Waals surface area contributed by atoms with E-state index in [2.05, 4.69) is 20.1 Å². The van der Waals surface area contributed by atoms with Crippen molar-refractivity contribution < 1.29 is 14.0 Å². The molecule has 10 heteroatoms. The van der Waals surface area contributed by atoms with Crippen LogP contribution in [0.5, 0.6) is 11.5 Å². The van der Waals surface area contributed by atoms with Gasteiger partial charge in [0, 0.05) is 42.8 Å². The van der Waals surface area contributed by atoms with Crippen molar-refractivity contribution >= 4 is 28.7 Å². The van der Waals surface area contributed by atoms with Gasteiger partial charge in [-0.15, -0.1) is 0 Å². The molecule has 5 aromatic rings. The summed E-state index contributed by atoms with van der Waals surface area (Å²) in [6, 6.07) is 11.8. The van der Waals surface area contributed by atoms with Crippen molar-refractivity contribution in [1.82, 2.24) is 24.7 Å². The van der Waals surface area contributed by atoms with Crippen LogP contribution in [0.25, 0.3) is 16.7 Å². The van der Waals surface area contributed by atoms with Crippen LogP contribution in [-0.2, 0) is 13.0 Å². The fourth-order valence-electron chi connectivity index (χ4n) is 4.04. The van der Waals surface area contributed by atoms with Gasteiger partial charge in [0.05, 0.1) is 30.8 Å². The molecule has 9 nitrogen and oxygen atoms in total. The van der Waals surface area contributed by atoms with Crippen molar-refractivity contribution in [3.8, 4) is 17.2 Å². The van der Waals surface area contributed by atoms with Crippen molar-refractivity contribution in [3.05, 3.63) is 72.3 Å². The lowest BCUT2D eigenvalue weighted by Crippen LogP contribution is -2.02. The van der Waals surface area contributed by atoms with E-state index >= 15 is 0 Å². The quantitative estimate of drug-likeness (QED) is 0.359. The summed E-state index contributed by atoms with van der Waals surface area (Å²) < 4.78 is 24.3. The van der Waals surface area contributed by atoms with Crippen LogP contribution < -0.4 is 14.2 Å². The van der Waals surface area contributed by atoms with E-state index in [4.69, 9.17) is 14.0 Å². The number of anilines is 1. The van der Waals surface area contributed by atoms with Gasteiger partial charge in [-0.2, -0.15) is 10.2 Å². The molecular formula is C23H20N6O3S. The zero-order valence-electron chi connectivity index (χ0n) is 17.8. The van der Waals surface area contributed by atoms with Crippen LogP contribution >= 0.6 is 11.9 Å². The normalized spacial score (nSPS) is 12.6. The number of hydrogen-bond donors (Lipinski definition) is 1. The summed E-state index contributed by atoms with van der Waals surface area (Å²) >= 11 is 1.41. The molecule has 0 radical (unpaired) electrons. The van der Waals surface area contributed by atoms with E-state index in [9.17, 15) is 0 Å². The van der Waals surface area contributed by atoms with Gasteiger partial charge in [0.25, 0.3) is 0 Å². The third-order valence-electron chi connectivity index (χ3n) is 5.58. The Hall–Kier alpha value is -3.92. The number of nitrogens with one attached hydrogen (secondary N) is 1. The van der Waals surface area contributed by atoms with Crippen LogP contribution in [0.2, 0.25) is 0 Å². The predicted octanol–water partition coefficient (Wildman–Crippen LogP) is 4.32. The predicted molar refractivity (Wildman–Crippen MR) is 124 cm³/mol. The molecule has 4 heterocycles. The topological polar surface area (TPSA) is 92.2 Å². The molecule has 1 aliphatic rings. The molecule has 2 aromatic carbocycles. The number of methoxy groups -OCH3 is 1. The van der Waals surface area contributed by atoms with E-state index in [1.54, 1.807) is 24.2 Å². The van der Waals surface area contributed by atoms with Crippen LogP contribution in [0.1, 0.15) is 11.1 Å². The Morgan fingerprint density at radius 1 is 1.15 bits per heavy atom. The minimum atomic E-state index is 0.622. The van der Waals surface area contributed by atoms with Gasteiger partial charge in [-0.3, -0.25) is 4.68 Å². The van der Waals surface area contributed by atoms with Gasteiger partial charge in [-0.25, -0.2) is 4.68 Å². The zero-order valence-corrected chi connectivity index (χ0v) is 18.6. The van der Waals surface area contributed by atoms with Crippen molar-refractivity contribution in [1.29, 1.82) is 0 Å². The highest BCUT2D eigenvalue weighted by atomic mass is 32.2.